The van der Waals surface area contributed by atoms with Crippen molar-refractivity contribution >= 4 is 49.8 Å². The van der Waals surface area contributed by atoms with Crippen LogP contribution in [-0.2, 0) is 9.59 Å². The van der Waals surface area contributed by atoms with Crippen LogP contribution in [-0.4, -0.2) is 26.8 Å². The molecule has 1 N–H and O–H groups in total. The van der Waals surface area contributed by atoms with Crippen molar-refractivity contribution in [1.29, 1.82) is 0 Å². The van der Waals surface area contributed by atoms with Gasteiger partial charge in [-0.25, -0.2) is 4.98 Å². The zero-order valence-electron chi connectivity index (χ0n) is 13.7. The Morgan fingerprint density at radius 3 is 2.59 bits per heavy atom. The second-order valence-corrected chi connectivity index (χ2v) is 7.56. The molecular formula is C19H12BrN3O3S. The molecule has 1 aliphatic rings. The average molecular weight is 442 g/mol. The van der Waals surface area contributed by atoms with Crippen molar-refractivity contribution in [2.24, 2.45) is 0 Å². The zero-order valence-corrected chi connectivity index (χ0v) is 16.1. The van der Waals surface area contributed by atoms with E-state index in [4.69, 9.17) is 0 Å². The van der Waals surface area contributed by atoms with Crippen molar-refractivity contribution in [3.05, 3.63) is 81.5 Å². The van der Waals surface area contributed by atoms with E-state index < -0.39 is 17.7 Å². The molecule has 2 aromatic heterocycles. The lowest BCUT2D eigenvalue weighted by Crippen LogP contribution is -2.29. The lowest BCUT2D eigenvalue weighted by Gasteiger charge is -2.23. The number of anilines is 1. The number of thiazole rings is 1. The third-order valence-electron chi connectivity index (χ3n) is 4.19. The Labute approximate surface area is 166 Å². The van der Waals surface area contributed by atoms with Gasteiger partial charge in [0.15, 0.2) is 5.13 Å². The molecule has 1 amide bonds. The number of hydrogen-bond donors (Lipinski definition) is 1. The van der Waals surface area contributed by atoms with Gasteiger partial charge in [0.1, 0.15) is 5.76 Å². The summed E-state index contributed by atoms with van der Waals surface area (Å²) in [6.07, 6.45) is 4.60. The number of pyridine rings is 1. The Morgan fingerprint density at radius 1 is 1.15 bits per heavy atom. The van der Waals surface area contributed by atoms with E-state index in [-0.39, 0.29) is 11.3 Å². The van der Waals surface area contributed by atoms with E-state index in [1.54, 1.807) is 23.7 Å². The predicted molar refractivity (Wildman–Crippen MR) is 105 cm³/mol. The normalized spacial score (nSPS) is 18.9. The molecule has 0 bridgehead atoms. The molecule has 1 aromatic carbocycles. The fourth-order valence-electron chi connectivity index (χ4n) is 3.02. The summed E-state index contributed by atoms with van der Waals surface area (Å²) in [5.41, 5.74) is 1.14. The molecule has 1 fully saturated rings. The molecule has 27 heavy (non-hydrogen) atoms. The molecule has 6 nitrogen and oxygen atoms in total. The summed E-state index contributed by atoms with van der Waals surface area (Å²) in [6, 6.07) is 9.68. The average Bonchev–Trinajstić information content (AvgIpc) is 3.29. The minimum Gasteiger partial charge on any atom is -0.507 e. The van der Waals surface area contributed by atoms with Gasteiger partial charge in [0.2, 0.25) is 0 Å². The van der Waals surface area contributed by atoms with Gasteiger partial charge in [0.05, 0.1) is 11.6 Å². The fourth-order valence-corrected chi connectivity index (χ4v) is 4.11. The van der Waals surface area contributed by atoms with Crippen LogP contribution in [0.15, 0.2) is 70.4 Å². The Balaban J connectivity index is 1.96. The summed E-state index contributed by atoms with van der Waals surface area (Å²) < 4.78 is 0.800. The first-order valence-electron chi connectivity index (χ1n) is 7.94. The molecule has 1 unspecified atom stereocenters. The molecule has 3 aromatic rings. The molecule has 134 valence electrons. The van der Waals surface area contributed by atoms with Gasteiger partial charge in [-0.3, -0.25) is 19.5 Å². The number of amides is 1. The minimum atomic E-state index is -0.776. The standard InChI is InChI=1S/C19H12BrN3O3S/c20-13-3-1-2-12(10-13)15-14(16(24)11-4-6-21-7-5-11)17(25)18(26)23(15)19-22-8-9-27-19/h1-10,15,24H/b16-14+. The van der Waals surface area contributed by atoms with Crippen LogP contribution >= 0.6 is 27.3 Å². The molecule has 1 atom stereocenters. The van der Waals surface area contributed by atoms with Gasteiger partial charge in [-0.2, -0.15) is 0 Å². The van der Waals surface area contributed by atoms with Crippen molar-refractivity contribution in [3.8, 4) is 0 Å². The van der Waals surface area contributed by atoms with Crippen LogP contribution in [0.4, 0.5) is 5.13 Å². The first-order valence-corrected chi connectivity index (χ1v) is 9.61. The van der Waals surface area contributed by atoms with E-state index in [1.807, 2.05) is 24.3 Å². The number of carbonyl (C=O) groups excluding carboxylic acids is 2. The number of aromatic nitrogens is 2. The highest BCUT2D eigenvalue weighted by molar-refractivity contribution is 9.10. The summed E-state index contributed by atoms with van der Waals surface area (Å²) in [7, 11) is 0. The number of aliphatic hydroxyl groups is 1. The SMILES string of the molecule is O=C1C(=O)N(c2nccs2)C(c2cccc(Br)c2)/C1=C(\O)c1ccncc1. The highest BCUT2D eigenvalue weighted by Crippen LogP contribution is 2.42. The van der Waals surface area contributed by atoms with E-state index in [9.17, 15) is 14.7 Å². The molecule has 1 saturated heterocycles. The summed E-state index contributed by atoms with van der Waals surface area (Å²) in [5.74, 6) is -1.70. The lowest BCUT2D eigenvalue weighted by molar-refractivity contribution is -0.132. The number of ketones is 1. The van der Waals surface area contributed by atoms with E-state index in [0.717, 1.165) is 4.47 Å². The highest BCUT2D eigenvalue weighted by atomic mass is 79.9. The van der Waals surface area contributed by atoms with Crippen molar-refractivity contribution in [2.45, 2.75) is 6.04 Å². The van der Waals surface area contributed by atoms with Gasteiger partial charge in [-0.1, -0.05) is 28.1 Å². The van der Waals surface area contributed by atoms with Crippen LogP contribution in [0.1, 0.15) is 17.2 Å². The Kier molecular flexibility index (Phi) is 4.59. The van der Waals surface area contributed by atoms with Crippen LogP contribution in [0.25, 0.3) is 5.76 Å². The third-order valence-corrected chi connectivity index (χ3v) is 5.45. The number of rotatable bonds is 3. The molecule has 0 radical (unpaired) electrons. The first kappa shape index (κ1) is 17.6. The number of aliphatic hydroxyl groups excluding tert-OH is 1. The Hall–Kier alpha value is -2.84. The van der Waals surface area contributed by atoms with Crippen LogP contribution in [0.3, 0.4) is 0 Å². The van der Waals surface area contributed by atoms with Crippen molar-refractivity contribution in [1.82, 2.24) is 9.97 Å². The van der Waals surface area contributed by atoms with Gasteiger partial charge < -0.3 is 5.11 Å². The van der Waals surface area contributed by atoms with E-state index in [1.165, 1.54) is 28.6 Å². The minimum absolute atomic E-state index is 0.0273. The highest BCUT2D eigenvalue weighted by Gasteiger charge is 2.47. The summed E-state index contributed by atoms with van der Waals surface area (Å²) in [6.45, 7) is 0. The molecular weight excluding hydrogens is 430 g/mol. The maximum Gasteiger partial charge on any atom is 0.301 e. The number of benzene rings is 1. The molecule has 0 spiro atoms. The van der Waals surface area contributed by atoms with Gasteiger partial charge in [0, 0.05) is 34.0 Å². The third kappa shape index (κ3) is 3.07. The van der Waals surface area contributed by atoms with Crippen molar-refractivity contribution < 1.29 is 14.7 Å². The first-order chi connectivity index (χ1) is 13.1. The van der Waals surface area contributed by atoms with Gasteiger partial charge in [0.25, 0.3) is 5.78 Å². The number of nitrogens with zero attached hydrogens (tertiary/aromatic N) is 3. The van der Waals surface area contributed by atoms with Crippen LogP contribution in [0, 0.1) is 0 Å². The largest absolute Gasteiger partial charge is 0.507 e. The van der Waals surface area contributed by atoms with E-state index >= 15 is 0 Å². The van der Waals surface area contributed by atoms with Crippen LogP contribution < -0.4 is 4.90 Å². The number of hydrogen-bond acceptors (Lipinski definition) is 6. The molecule has 8 heteroatoms. The van der Waals surface area contributed by atoms with E-state index in [2.05, 4.69) is 25.9 Å². The second-order valence-electron chi connectivity index (χ2n) is 5.77. The number of carbonyl (C=O) groups is 2. The summed E-state index contributed by atoms with van der Waals surface area (Å²) >= 11 is 4.68. The second kappa shape index (κ2) is 7.05. The fraction of sp³-hybridized carbons (Fsp3) is 0.0526. The molecule has 3 heterocycles. The number of Topliss-reactive ketones (excluding diaryl/α,β-unsaturated/α-hetero) is 1. The maximum atomic E-state index is 12.8. The maximum absolute atomic E-state index is 12.8. The smallest absolute Gasteiger partial charge is 0.301 e. The van der Waals surface area contributed by atoms with Crippen molar-refractivity contribution in [3.63, 3.8) is 0 Å². The van der Waals surface area contributed by atoms with E-state index in [0.29, 0.717) is 16.3 Å². The quantitative estimate of drug-likeness (QED) is 0.378. The molecule has 0 aliphatic carbocycles. The molecule has 4 rings (SSSR count). The van der Waals surface area contributed by atoms with Crippen LogP contribution in [0.2, 0.25) is 0 Å². The van der Waals surface area contributed by atoms with Gasteiger partial charge in [-0.05, 0) is 29.8 Å². The van der Waals surface area contributed by atoms with Crippen LogP contribution in [0.5, 0.6) is 0 Å². The summed E-state index contributed by atoms with van der Waals surface area (Å²) in [4.78, 5) is 35.1. The monoisotopic (exact) mass is 441 g/mol. The topological polar surface area (TPSA) is 83.4 Å². The molecule has 1 aliphatic heterocycles. The van der Waals surface area contributed by atoms with Gasteiger partial charge >= 0.3 is 5.91 Å². The predicted octanol–water partition coefficient (Wildman–Crippen LogP) is 3.93. The van der Waals surface area contributed by atoms with Crippen molar-refractivity contribution in [2.75, 3.05) is 4.90 Å². The Morgan fingerprint density at radius 2 is 1.93 bits per heavy atom. The number of halogens is 1. The van der Waals surface area contributed by atoms with Gasteiger partial charge in [-0.15, -0.1) is 11.3 Å². The Bertz CT molecular complexity index is 1050. The molecule has 0 saturated carbocycles. The summed E-state index contributed by atoms with van der Waals surface area (Å²) in [5, 5.41) is 13.0. The lowest BCUT2D eigenvalue weighted by atomic mass is 9.96. The zero-order chi connectivity index (χ0) is 19.0.